The van der Waals surface area contributed by atoms with Crippen LogP contribution in [0.25, 0.3) is 0 Å². The standard InChI is InChI=1S/C14H21ClN2O2S/c1-9-4-5-17(11(3)6-9)20(18,19)14-8-13(16)12(15)7-10(14)2/h7-9,11H,4-6,16H2,1-3H3. The van der Waals surface area contributed by atoms with Crippen LogP contribution >= 0.6 is 11.6 Å². The topological polar surface area (TPSA) is 63.4 Å². The second-order valence-electron chi connectivity index (χ2n) is 5.73. The predicted octanol–water partition coefficient (Wildman–Crippen LogP) is 3.04. The lowest BCUT2D eigenvalue weighted by Gasteiger charge is -2.35. The number of nitrogens with two attached hydrogens (primary N) is 1. The number of halogens is 1. The Hall–Kier alpha value is -0.780. The van der Waals surface area contributed by atoms with Gasteiger partial charge in [-0.1, -0.05) is 18.5 Å². The molecular formula is C14H21ClN2O2S. The lowest BCUT2D eigenvalue weighted by Crippen LogP contribution is -2.44. The van der Waals surface area contributed by atoms with Gasteiger partial charge in [-0.3, -0.25) is 0 Å². The van der Waals surface area contributed by atoms with Gasteiger partial charge in [0.25, 0.3) is 0 Å². The number of piperidine rings is 1. The number of aryl methyl sites for hydroxylation is 1. The minimum Gasteiger partial charge on any atom is -0.397 e. The summed E-state index contributed by atoms with van der Waals surface area (Å²) in [7, 11) is -3.51. The summed E-state index contributed by atoms with van der Waals surface area (Å²) in [6.07, 6.45) is 1.78. The van der Waals surface area contributed by atoms with Crippen LogP contribution in [0.2, 0.25) is 5.02 Å². The van der Waals surface area contributed by atoms with Gasteiger partial charge in [-0.05, 0) is 50.3 Å². The number of hydrogen-bond acceptors (Lipinski definition) is 3. The number of sulfonamides is 1. The van der Waals surface area contributed by atoms with E-state index in [1.165, 1.54) is 6.07 Å². The van der Waals surface area contributed by atoms with Crippen LogP contribution in [0.1, 0.15) is 32.3 Å². The summed E-state index contributed by atoms with van der Waals surface area (Å²) in [6, 6.07) is 3.10. The highest BCUT2D eigenvalue weighted by Crippen LogP contribution is 2.32. The molecule has 0 aliphatic carbocycles. The van der Waals surface area contributed by atoms with E-state index in [2.05, 4.69) is 6.92 Å². The average Bonchev–Trinajstić information content (AvgIpc) is 2.33. The Bertz CT molecular complexity index is 616. The summed E-state index contributed by atoms with van der Waals surface area (Å²) < 4.78 is 27.2. The highest BCUT2D eigenvalue weighted by molar-refractivity contribution is 7.89. The second kappa shape index (κ2) is 5.54. The SMILES string of the molecule is Cc1cc(Cl)c(N)cc1S(=O)(=O)N1CCC(C)CC1C. The average molecular weight is 317 g/mol. The third kappa shape index (κ3) is 2.80. The first kappa shape index (κ1) is 15.6. The second-order valence-corrected chi connectivity index (χ2v) is 8.00. The normalized spacial score (nSPS) is 24.8. The first-order valence-corrected chi connectivity index (χ1v) is 8.62. The van der Waals surface area contributed by atoms with Gasteiger partial charge in [0.05, 0.1) is 15.6 Å². The monoisotopic (exact) mass is 316 g/mol. The van der Waals surface area contributed by atoms with Crippen molar-refractivity contribution in [1.29, 1.82) is 0 Å². The first-order valence-electron chi connectivity index (χ1n) is 6.81. The summed E-state index contributed by atoms with van der Waals surface area (Å²) >= 11 is 5.94. The molecular weight excluding hydrogens is 296 g/mol. The maximum absolute atomic E-state index is 12.8. The number of nitrogen functional groups attached to an aromatic ring is 1. The van der Waals surface area contributed by atoms with Crippen molar-refractivity contribution in [2.75, 3.05) is 12.3 Å². The minimum absolute atomic E-state index is 0.0139. The summed E-state index contributed by atoms with van der Waals surface area (Å²) in [5, 5.41) is 0.391. The van der Waals surface area contributed by atoms with E-state index in [1.54, 1.807) is 17.3 Å². The first-order chi connectivity index (χ1) is 9.23. The maximum atomic E-state index is 12.8. The molecule has 112 valence electrons. The Morgan fingerprint density at radius 1 is 1.35 bits per heavy atom. The fraction of sp³-hybridized carbons (Fsp3) is 0.571. The van der Waals surface area contributed by atoms with Crippen molar-refractivity contribution < 1.29 is 8.42 Å². The molecule has 2 rings (SSSR count). The summed E-state index contributed by atoms with van der Waals surface area (Å²) in [5.74, 6) is 0.563. The Labute approximate surface area is 126 Å². The number of hydrogen-bond donors (Lipinski definition) is 1. The minimum atomic E-state index is -3.51. The van der Waals surface area contributed by atoms with Crippen LogP contribution in [-0.2, 0) is 10.0 Å². The molecule has 2 atom stereocenters. The third-order valence-electron chi connectivity index (χ3n) is 3.96. The van der Waals surface area contributed by atoms with E-state index in [1.807, 2.05) is 6.92 Å². The molecule has 0 aromatic heterocycles. The highest BCUT2D eigenvalue weighted by Gasteiger charge is 2.34. The van der Waals surface area contributed by atoms with Crippen molar-refractivity contribution in [3.8, 4) is 0 Å². The molecule has 0 spiro atoms. The van der Waals surface area contributed by atoms with Crippen molar-refractivity contribution in [3.63, 3.8) is 0 Å². The molecule has 1 heterocycles. The summed E-state index contributed by atoms with van der Waals surface area (Å²) in [4.78, 5) is 0.265. The van der Waals surface area contributed by atoms with Gasteiger partial charge in [0, 0.05) is 12.6 Å². The van der Waals surface area contributed by atoms with Crippen LogP contribution in [-0.4, -0.2) is 25.3 Å². The Kier molecular flexibility index (Phi) is 4.33. The quantitative estimate of drug-likeness (QED) is 0.853. The molecule has 0 radical (unpaired) electrons. The highest BCUT2D eigenvalue weighted by atomic mass is 35.5. The predicted molar refractivity (Wildman–Crippen MR) is 82.4 cm³/mol. The molecule has 1 aromatic rings. The van der Waals surface area contributed by atoms with Crippen molar-refractivity contribution in [2.24, 2.45) is 5.92 Å². The van der Waals surface area contributed by atoms with E-state index in [4.69, 9.17) is 17.3 Å². The maximum Gasteiger partial charge on any atom is 0.243 e. The zero-order chi connectivity index (χ0) is 15.1. The molecule has 1 aliphatic heterocycles. The lowest BCUT2D eigenvalue weighted by atomic mass is 9.95. The van der Waals surface area contributed by atoms with Gasteiger partial charge >= 0.3 is 0 Å². The van der Waals surface area contributed by atoms with Crippen LogP contribution in [0, 0.1) is 12.8 Å². The molecule has 1 fully saturated rings. The van der Waals surface area contributed by atoms with E-state index in [0.717, 1.165) is 12.8 Å². The molecule has 1 aliphatic rings. The molecule has 2 unspecified atom stereocenters. The van der Waals surface area contributed by atoms with Gasteiger partial charge in [-0.2, -0.15) is 4.31 Å². The largest absolute Gasteiger partial charge is 0.397 e. The van der Waals surface area contributed by atoms with Crippen LogP contribution in [0.5, 0.6) is 0 Å². The Morgan fingerprint density at radius 2 is 2.00 bits per heavy atom. The van der Waals surface area contributed by atoms with Gasteiger partial charge in [0.1, 0.15) is 0 Å². The molecule has 0 amide bonds. The molecule has 2 N–H and O–H groups in total. The number of nitrogens with zero attached hydrogens (tertiary/aromatic N) is 1. The number of anilines is 1. The van der Waals surface area contributed by atoms with Crippen LogP contribution in [0.15, 0.2) is 17.0 Å². The summed E-state index contributed by atoms with van der Waals surface area (Å²) in [6.45, 7) is 6.43. The van der Waals surface area contributed by atoms with Crippen LogP contribution < -0.4 is 5.73 Å². The molecule has 0 bridgehead atoms. The van der Waals surface area contributed by atoms with E-state index >= 15 is 0 Å². The smallest absolute Gasteiger partial charge is 0.243 e. The molecule has 1 saturated heterocycles. The van der Waals surface area contributed by atoms with Gasteiger partial charge in [0.15, 0.2) is 0 Å². The zero-order valence-electron chi connectivity index (χ0n) is 12.1. The molecule has 6 heteroatoms. The zero-order valence-corrected chi connectivity index (χ0v) is 13.6. The van der Waals surface area contributed by atoms with Gasteiger partial charge < -0.3 is 5.73 Å². The summed E-state index contributed by atoms with van der Waals surface area (Å²) in [5.41, 5.74) is 6.69. The van der Waals surface area contributed by atoms with E-state index in [9.17, 15) is 8.42 Å². The molecule has 0 saturated carbocycles. The van der Waals surface area contributed by atoms with Gasteiger partial charge in [-0.25, -0.2) is 8.42 Å². The van der Waals surface area contributed by atoms with Crippen LogP contribution in [0.4, 0.5) is 5.69 Å². The Morgan fingerprint density at radius 3 is 2.60 bits per heavy atom. The van der Waals surface area contributed by atoms with E-state index < -0.39 is 10.0 Å². The van der Waals surface area contributed by atoms with Crippen molar-refractivity contribution >= 4 is 27.3 Å². The van der Waals surface area contributed by atoms with Crippen LogP contribution in [0.3, 0.4) is 0 Å². The van der Waals surface area contributed by atoms with Crippen molar-refractivity contribution in [1.82, 2.24) is 4.31 Å². The van der Waals surface area contributed by atoms with Gasteiger partial charge in [-0.15, -0.1) is 0 Å². The Balaban J connectivity index is 2.43. The van der Waals surface area contributed by atoms with Crippen molar-refractivity contribution in [2.45, 2.75) is 44.6 Å². The van der Waals surface area contributed by atoms with E-state index in [-0.39, 0.29) is 10.9 Å². The lowest BCUT2D eigenvalue weighted by molar-refractivity contribution is 0.220. The fourth-order valence-electron chi connectivity index (χ4n) is 2.82. The molecule has 4 nitrogen and oxygen atoms in total. The number of benzene rings is 1. The van der Waals surface area contributed by atoms with Gasteiger partial charge in [0.2, 0.25) is 10.0 Å². The third-order valence-corrected chi connectivity index (χ3v) is 6.44. The number of rotatable bonds is 2. The van der Waals surface area contributed by atoms with Crippen molar-refractivity contribution in [3.05, 3.63) is 22.7 Å². The van der Waals surface area contributed by atoms with E-state index in [0.29, 0.717) is 28.7 Å². The fourth-order valence-corrected chi connectivity index (χ4v) is 4.93. The molecule has 1 aromatic carbocycles. The molecule has 20 heavy (non-hydrogen) atoms.